The van der Waals surface area contributed by atoms with Gasteiger partial charge in [-0.15, -0.1) is 0 Å². The van der Waals surface area contributed by atoms with Crippen molar-refractivity contribution in [1.82, 2.24) is 5.32 Å². The molecule has 0 fully saturated rings. The molecule has 1 aromatic carbocycles. The smallest absolute Gasteiger partial charge is 0.234 e. The molecule has 100 valence electrons. The van der Waals surface area contributed by atoms with Crippen LogP contribution in [0.5, 0.6) is 0 Å². The van der Waals surface area contributed by atoms with E-state index in [1.54, 1.807) is 0 Å². The summed E-state index contributed by atoms with van der Waals surface area (Å²) < 4.78 is 0. The Morgan fingerprint density at radius 1 is 1.44 bits per heavy atom. The van der Waals surface area contributed by atoms with E-state index in [1.165, 1.54) is 6.42 Å². The highest BCUT2D eigenvalue weighted by Gasteiger charge is 2.31. The van der Waals surface area contributed by atoms with Gasteiger partial charge in [-0.25, -0.2) is 0 Å². The zero-order valence-electron chi connectivity index (χ0n) is 11.0. The molecular weight excluding hydrogens is 228 g/mol. The zero-order valence-corrected chi connectivity index (χ0v) is 11.0. The fraction of sp³-hybridized carbons (Fsp3) is 0.500. The number of aliphatic hydroxyl groups is 1. The van der Waals surface area contributed by atoms with E-state index in [0.29, 0.717) is 6.42 Å². The summed E-state index contributed by atoms with van der Waals surface area (Å²) in [6, 6.07) is 7.41. The highest BCUT2D eigenvalue weighted by Crippen LogP contribution is 2.30. The van der Waals surface area contributed by atoms with E-state index in [0.717, 1.165) is 11.1 Å². The Hall–Kier alpha value is -1.39. The number of fused-ring (bicyclic) bond motifs is 1. The summed E-state index contributed by atoms with van der Waals surface area (Å²) in [7, 11) is 0. The summed E-state index contributed by atoms with van der Waals surface area (Å²) in [5.41, 5.74) is 7.30. The molecule has 0 spiro atoms. The average Bonchev–Trinajstić information content (AvgIpc) is 2.67. The van der Waals surface area contributed by atoms with E-state index >= 15 is 0 Å². The predicted molar refractivity (Wildman–Crippen MR) is 72.1 cm³/mol. The fourth-order valence-electron chi connectivity index (χ4n) is 1.98. The van der Waals surface area contributed by atoms with Gasteiger partial charge in [0.05, 0.1) is 18.7 Å². The van der Waals surface area contributed by atoms with Crippen LogP contribution in [0.3, 0.4) is 0 Å². The summed E-state index contributed by atoms with van der Waals surface area (Å²) in [6.45, 7) is 4.20. The molecule has 0 saturated heterocycles. The highest BCUT2D eigenvalue weighted by atomic mass is 16.3. The van der Waals surface area contributed by atoms with Gasteiger partial charge in [-0.05, 0) is 11.1 Å². The molecule has 1 aliphatic rings. The van der Waals surface area contributed by atoms with Crippen LogP contribution >= 0.6 is 0 Å². The third kappa shape index (κ3) is 3.55. The molecule has 4 nitrogen and oxygen atoms in total. The van der Waals surface area contributed by atoms with Crippen LogP contribution in [0, 0.1) is 0 Å². The first-order valence-corrected chi connectivity index (χ1v) is 6.39. The molecule has 1 amide bonds. The molecule has 2 unspecified atom stereocenters. The maximum absolute atomic E-state index is 11.2. The molecule has 4 heteroatoms. The monoisotopic (exact) mass is 250 g/mol. The number of nitrogens with one attached hydrogen (secondary N) is 1. The van der Waals surface area contributed by atoms with Crippen LogP contribution < -0.4 is 11.1 Å². The molecule has 4 N–H and O–H groups in total. The minimum atomic E-state index is -0.544. The van der Waals surface area contributed by atoms with Crippen LogP contribution in [0.4, 0.5) is 0 Å². The maximum Gasteiger partial charge on any atom is 0.234 e. The second-order valence-electron chi connectivity index (χ2n) is 4.43. The van der Waals surface area contributed by atoms with Gasteiger partial charge >= 0.3 is 0 Å². The Kier molecular flexibility index (Phi) is 5.82. The number of nitrogens with two attached hydrogens (primary N) is 1. The van der Waals surface area contributed by atoms with E-state index in [9.17, 15) is 9.90 Å². The van der Waals surface area contributed by atoms with Crippen LogP contribution in [0.2, 0.25) is 0 Å². The Morgan fingerprint density at radius 2 is 2.06 bits per heavy atom. The van der Waals surface area contributed by atoms with Crippen LogP contribution in [0.15, 0.2) is 24.3 Å². The molecule has 1 aliphatic carbocycles. The SMILES string of the molecule is CCC.NCC(=O)NC1c2ccccc2CC1O. The van der Waals surface area contributed by atoms with Crippen molar-refractivity contribution in [2.24, 2.45) is 5.73 Å². The molecule has 2 rings (SSSR count). The molecule has 0 aliphatic heterocycles. The Balaban J connectivity index is 0.000000492. The number of amides is 1. The Bertz CT molecular complexity index is 393. The first-order chi connectivity index (χ1) is 8.63. The Labute approximate surface area is 108 Å². The van der Waals surface area contributed by atoms with Gasteiger partial charge in [-0.3, -0.25) is 4.79 Å². The summed E-state index contributed by atoms with van der Waals surface area (Å²) in [5, 5.41) is 12.5. The van der Waals surface area contributed by atoms with Gasteiger partial charge in [0.2, 0.25) is 5.91 Å². The molecule has 0 heterocycles. The number of rotatable bonds is 2. The molecule has 0 radical (unpaired) electrons. The van der Waals surface area contributed by atoms with Gasteiger partial charge in [-0.1, -0.05) is 44.5 Å². The molecule has 1 aromatic rings. The molecule has 18 heavy (non-hydrogen) atoms. The summed E-state index contributed by atoms with van der Waals surface area (Å²) in [4.78, 5) is 11.2. The van der Waals surface area contributed by atoms with Gasteiger partial charge < -0.3 is 16.2 Å². The highest BCUT2D eigenvalue weighted by molar-refractivity contribution is 5.78. The van der Waals surface area contributed by atoms with E-state index in [-0.39, 0.29) is 18.5 Å². The normalized spacial score (nSPS) is 20.7. The zero-order chi connectivity index (χ0) is 13.5. The summed E-state index contributed by atoms with van der Waals surface area (Å²) in [5.74, 6) is -0.240. The van der Waals surface area contributed by atoms with Crippen molar-refractivity contribution in [1.29, 1.82) is 0 Å². The van der Waals surface area contributed by atoms with Gasteiger partial charge in [-0.2, -0.15) is 0 Å². The standard InChI is InChI=1S/C11H14N2O2.C3H8/c12-6-10(15)13-11-8-4-2-1-3-7(8)5-9(11)14;1-3-2/h1-4,9,11,14H,5-6,12H2,(H,13,15);3H2,1-2H3. The van der Waals surface area contributed by atoms with E-state index < -0.39 is 6.10 Å². The van der Waals surface area contributed by atoms with Crippen LogP contribution in [-0.4, -0.2) is 23.7 Å². The van der Waals surface area contributed by atoms with Gasteiger partial charge in [0.15, 0.2) is 0 Å². The molecular formula is C14H22N2O2. The minimum absolute atomic E-state index is 0.0502. The molecule has 0 bridgehead atoms. The maximum atomic E-state index is 11.2. The van der Waals surface area contributed by atoms with Crippen molar-refractivity contribution in [3.8, 4) is 0 Å². The van der Waals surface area contributed by atoms with Crippen molar-refractivity contribution in [3.63, 3.8) is 0 Å². The van der Waals surface area contributed by atoms with Gasteiger partial charge in [0.25, 0.3) is 0 Å². The second kappa shape index (κ2) is 7.13. The van der Waals surface area contributed by atoms with E-state index in [2.05, 4.69) is 19.2 Å². The second-order valence-corrected chi connectivity index (χ2v) is 4.43. The third-order valence-corrected chi connectivity index (χ3v) is 2.71. The van der Waals surface area contributed by atoms with Crippen molar-refractivity contribution < 1.29 is 9.90 Å². The number of aliphatic hydroxyl groups excluding tert-OH is 1. The number of benzene rings is 1. The van der Waals surface area contributed by atoms with Crippen molar-refractivity contribution in [2.45, 2.75) is 38.8 Å². The lowest BCUT2D eigenvalue weighted by atomic mass is 10.1. The topological polar surface area (TPSA) is 75.4 Å². The fourth-order valence-corrected chi connectivity index (χ4v) is 1.98. The third-order valence-electron chi connectivity index (χ3n) is 2.71. The average molecular weight is 250 g/mol. The lowest BCUT2D eigenvalue weighted by molar-refractivity contribution is -0.121. The molecule has 0 aromatic heterocycles. The molecule has 0 saturated carbocycles. The molecule has 2 atom stereocenters. The first-order valence-electron chi connectivity index (χ1n) is 6.39. The Morgan fingerprint density at radius 3 is 2.67 bits per heavy atom. The van der Waals surface area contributed by atoms with E-state index in [1.807, 2.05) is 24.3 Å². The number of carbonyl (C=O) groups is 1. The summed E-state index contributed by atoms with van der Waals surface area (Å²) >= 11 is 0. The van der Waals surface area contributed by atoms with Crippen LogP contribution in [0.1, 0.15) is 37.4 Å². The number of hydrogen-bond donors (Lipinski definition) is 3. The lowest BCUT2D eigenvalue weighted by Crippen LogP contribution is -2.37. The van der Waals surface area contributed by atoms with Crippen LogP contribution in [0.25, 0.3) is 0 Å². The van der Waals surface area contributed by atoms with Gasteiger partial charge in [0.1, 0.15) is 0 Å². The minimum Gasteiger partial charge on any atom is -0.390 e. The number of hydrogen-bond acceptors (Lipinski definition) is 3. The lowest BCUT2D eigenvalue weighted by Gasteiger charge is -2.17. The number of carbonyl (C=O) groups excluding carboxylic acids is 1. The predicted octanol–water partition coefficient (Wildman–Crippen LogP) is 1.14. The summed E-state index contributed by atoms with van der Waals surface area (Å²) in [6.07, 6.45) is 1.30. The quantitative estimate of drug-likeness (QED) is 0.736. The van der Waals surface area contributed by atoms with Crippen molar-refractivity contribution >= 4 is 5.91 Å². The van der Waals surface area contributed by atoms with Gasteiger partial charge in [0, 0.05) is 6.42 Å². The largest absolute Gasteiger partial charge is 0.390 e. The first kappa shape index (κ1) is 14.7. The van der Waals surface area contributed by atoms with Crippen molar-refractivity contribution in [2.75, 3.05) is 6.54 Å². The van der Waals surface area contributed by atoms with Crippen LogP contribution in [-0.2, 0) is 11.2 Å². The van der Waals surface area contributed by atoms with E-state index in [4.69, 9.17) is 5.73 Å². The van der Waals surface area contributed by atoms with Crippen molar-refractivity contribution in [3.05, 3.63) is 35.4 Å².